The first-order valence-corrected chi connectivity index (χ1v) is 12.6. The summed E-state index contributed by atoms with van der Waals surface area (Å²) >= 11 is 0. The van der Waals surface area contributed by atoms with Gasteiger partial charge >= 0.3 is 5.85 Å². The molecule has 2 aliphatic rings. The fourth-order valence-electron chi connectivity index (χ4n) is 4.93. The van der Waals surface area contributed by atoms with Crippen LogP contribution in [0.15, 0.2) is 36.1 Å². The summed E-state index contributed by atoms with van der Waals surface area (Å²) in [5, 5.41) is 21.8. The summed E-state index contributed by atoms with van der Waals surface area (Å²) in [6.07, 6.45) is 10.7. The van der Waals surface area contributed by atoms with Crippen molar-refractivity contribution in [1.82, 2.24) is 9.80 Å². The number of aliphatic hydroxyl groups is 2. The molecule has 0 aromatic heterocycles. The van der Waals surface area contributed by atoms with Gasteiger partial charge in [0.1, 0.15) is 5.76 Å². The summed E-state index contributed by atoms with van der Waals surface area (Å²) in [5.74, 6) is -3.33. The second-order valence-electron chi connectivity index (χ2n) is 10.3. The van der Waals surface area contributed by atoms with E-state index in [0.29, 0.717) is 13.1 Å². The number of nitrogens with zero attached hydrogens (tertiary/aromatic N) is 2. The average molecular weight is 489 g/mol. The molecule has 8 heteroatoms. The summed E-state index contributed by atoms with van der Waals surface area (Å²) < 4.78 is 30.5. The number of β-amino-alcohol motifs (C(OH)–C–C–N with tert-alkyl or cyclic N) is 1. The summed E-state index contributed by atoms with van der Waals surface area (Å²) in [5.41, 5.74) is -0.723. The molecule has 33 heavy (non-hydrogen) atoms. The number of halogens is 2. The van der Waals surface area contributed by atoms with Crippen molar-refractivity contribution in [1.29, 1.82) is 0 Å². The molecule has 2 atom stereocenters. The first-order chi connectivity index (χ1) is 15.3. The molecule has 0 spiro atoms. The van der Waals surface area contributed by atoms with E-state index in [9.17, 15) is 19.0 Å². The molecule has 0 bridgehead atoms. The molecule has 0 aromatic rings. The molecule has 1 heterocycles. The standard InChI is InChI=1S/C25H43F2N2O3P/c1-20(10-9-11-21(2)32-25(26,27)33)22(24(31)12-7-5-6-8-13-24)18-28-14-16-29(17-15-28)19-23(3,4)30/h9-11,22,30-31H,1,5-8,12-19,33H2,2-4H3/b10-9-,21-11+. The van der Waals surface area contributed by atoms with Crippen molar-refractivity contribution < 1.29 is 23.7 Å². The van der Waals surface area contributed by atoms with Crippen LogP contribution in [0.4, 0.5) is 8.78 Å². The summed E-state index contributed by atoms with van der Waals surface area (Å²) in [6, 6.07) is 0. The maximum Gasteiger partial charge on any atom is 0.408 e. The van der Waals surface area contributed by atoms with Crippen molar-refractivity contribution in [2.24, 2.45) is 5.92 Å². The third-order valence-electron chi connectivity index (χ3n) is 6.52. The van der Waals surface area contributed by atoms with Crippen molar-refractivity contribution in [2.45, 2.75) is 76.3 Å². The van der Waals surface area contributed by atoms with Crippen LogP contribution in [0.25, 0.3) is 0 Å². The van der Waals surface area contributed by atoms with Gasteiger partial charge in [-0.3, -0.25) is 4.90 Å². The first kappa shape index (κ1) is 28.4. The Hall–Kier alpha value is -0.850. The van der Waals surface area contributed by atoms with Gasteiger partial charge in [0, 0.05) is 45.2 Å². The van der Waals surface area contributed by atoms with E-state index in [4.69, 9.17) is 0 Å². The van der Waals surface area contributed by atoms with Crippen LogP contribution in [0.3, 0.4) is 0 Å². The molecule has 1 saturated heterocycles. The maximum absolute atomic E-state index is 13.0. The summed E-state index contributed by atoms with van der Waals surface area (Å²) in [6.45, 7) is 14.2. The van der Waals surface area contributed by atoms with E-state index >= 15 is 0 Å². The van der Waals surface area contributed by atoms with Crippen LogP contribution >= 0.6 is 9.24 Å². The summed E-state index contributed by atoms with van der Waals surface area (Å²) in [4.78, 5) is 4.64. The highest BCUT2D eigenvalue weighted by atomic mass is 31.0. The highest BCUT2D eigenvalue weighted by molar-refractivity contribution is 7.17. The van der Waals surface area contributed by atoms with Crippen molar-refractivity contribution in [3.63, 3.8) is 0 Å². The molecule has 0 aromatic carbocycles. The Morgan fingerprint density at radius 1 is 1.12 bits per heavy atom. The number of piperazine rings is 1. The van der Waals surface area contributed by atoms with Gasteiger partial charge in [-0.05, 0) is 54.5 Å². The number of hydrogen-bond acceptors (Lipinski definition) is 5. The number of ether oxygens (including phenoxy) is 1. The van der Waals surface area contributed by atoms with Gasteiger partial charge in [0.15, 0.2) is 0 Å². The van der Waals surface area contributed by atoms with Gasteiger partial charge in [0.2, 0.25) is 0 Å². The molecule has 0 amide bonds. The minimum absolute atomic E-state index is 0.103. The monoisotopic (exact) mass is 488 g/mol. The zero-order valence-corrected chi connectivity index (χ0v) is 21.7. The number of allylic oxidation sites excluding steroid dienone is 4. The largest absolute Gasteiger partial charge is 0.435 e. The lowest BCUT2D eigenvalue weighted by molar-refractivity contribution is -0.132. The van der Waals surface area contributed by atoms with Gasteiger partial charge in [-0.1, -0.05) is 44.4 Å². The molecular formula is C25H43F2N2O3P. The van der Waals surface area contributed by atoms with Gasteiger partial charge < -0.3 is 19.8 Å². The van der Waals surface area contributed by atoms with E-state index in [1.54, 1.807) is 6.08 Å². The van der Waals surface area contributed by atoms with Gasteiger partial charge in [0.05, 0.1) is 11.2 Å². The van der Waals surface area contributed by atoms with Crippen LogP contribution in [-0.2, 0) is 4.74 Å². The van der Waals surface area contributed by atoms with Gasteiger partial charge in [-0.2, -0.15) is 8.78 Å². The Balaban J connectivity index is 2.08. The minimum atomic E-state index is -3.29. The van der Waals surface area contributed by atoms with Crippen molar-refractivity contribution in [2.75, 3.05) is 39.3 Å². The first-order valence-electron chi connectivity index (χ1n) is 12.1. The summed E-state index contributed by atoms with van der Waals surface area (Å²) in [7, 11) is 1.36. The fraction of sp³-hybridized carbons (Fsp3) is 0.760. The highest BCUT2D eigenvalue weighted by Gasteiger charge is 2.39. The van der Waals surface area contributed by atoms with Crippen molar-refractivity contribution in [3.05, 3.63) is 36.1 Å². The molecule has 5 nitrogen and oxygen atoms in total. The Bertz CT molecular complexity index is 685. The Morgan fingerprint density at radius 3 is 2.18 bits per heavy atom. The minimum Gasteiger partial charge on any atom is -0.435 e. The highest BCUT2D eigenvalue weighted by Crippen LogP contribution is 2.38. The van der Waals surface area contributed by atoms with Crippen LogP contribution in [-0.4, -0.2) is 76.3 Å². The third kappa shape index (κ3) is 10.5. The van der Waals surface area contributed by atoms with Crippen LogP contribution in [0.5, 0.6) is 0 Å². The number of hydrogen-bond donors (Lipinski definition) is 2. The van der Waals surface area contributed by atoms with E-state index < -0.39 is 17.1 Å². The molecule has 2 fully saturated rings. The molecule has 2 N–H and O–H groups in total. The molecule has 2 unspecified atom stereocenters. The Morgan fingerprint density at radius 2 is 1.67 bits per heavy atom. The molecule has 1 aliphatic carbocycles. The van der Waals surface area contributed by atoms with E-state index in [1.165, 1.54) is 22.2 Å². The predicted octanol–water partition coefficient (Wildman–Crippen LogP) is 4.53. The second kappa shape index (κ2) is 12.2. The van der Waals surface area contributed by atoms with E-state index in [0.717, 1.165) is 70.3 Å². The molecule has 1 saturated carbocycles. The lowest BCUT2D eigenvalue weighted by Gasteiger charge is -2.42. The lowest BCUT2D eigenvalue weighted by Crippen LogP contribution is -2.53. The van der Waals surface area contributed by atoms with Crippen LogP contribution < -0.4 is 0 Å². The fourth-order valence-corrected chi connectivity index (χ4v) is 5.11. The molecule has 0 radical (unpaired) electrons. The van der Waals surface area contributed by atoms with Gasteiger partial charge in [0.25, 0.3) is 0 Å². The van der Waals surface area contributed by atoms with Crippen molar-refractivity contribution >= 4 is 9.24 Å². The topological polar surface area (TPSA) is 56.2 Å². The van der Waals surface area contributed by atoms with Crippen molar-refractivity contribution in [3.8, 4) is 0 Å². The SMILES string of the molecule is C=C(/C=C\C=C(/C)OC(F)(F)P)C(CN1CCN(CC(C)(C)O)CC1)C1(O)CCCCCC1. The zero-order chi connectivity index (χ0) is 24.7. The average Bonchev–Trinajstić information content (AvgIpc) is 2.89. The van der Waals surface area contributed by atoms with Crippen LogP contribution in [0.2, 0.25) is 0 Å². The van der Waals surface area contributed by atoms with E-state index in [2.05, 4.69) is 21.1 Å². The second-order valence-corrected chi connectivity index (χ2v) is 11.0. The van der Waals surface area contributed by atoms with E-state index in [1.807, 2.05) is 19.9 Å². The zero-order valence-electron chi connectivity index (χ0n) is 20.5. The molecular weight excluding hydrogens is 445 g/mol. The van der Waals surface area contributed by atoms with Gasteiger partial charge in [-0.25, -0.2) is 0 Å². The quantitative estimate of drug-likeness (QED) is 0.205. The normalized spacial score (nSPS) is 22.8. The maximum atomic E-state index is 13.0. The van der Waals surface area contributed by atoms with E-state index in [-0.39, 0.29) is 11.7 Å². The molecule has 190 valence electrons. The van der Waals surface area contributed by atoms with Crippen LogP contribution in [0, 0.1) is 5.92 Å². The lowest BCUT2D eigenvalue weighted by atomic mass is 9.76. The number of alkyl halides is 2. The smallest absolute Gasteiger partial charge is 0.408 e. The Kier molecular flexibility index (Phi) is 10.5. The van der Waals surface area contributed by atoms with Crippen LogP contribution in [0.1, 0.15) is 59.3 Å². The molecule has 2 rings (SSSR count). The van der Waals surface area contributed by atoms with Gasteiger partial charge in [-0.15, -0.1) is 0 Å². The Labute approximate surface area is 200 Å². The predicted molar refractivity (Wildman–Crippen MR) is 133 cm³/mol. The number of rotatable bonds is 10. The molecule has 1 aliphatic heterocycles. The third-order valence-corrected chi connectivity index (χ3v) is 6.64.